The molecular weight excluding hydrogens is 278 g/mol. The number of hydroxylamine groups is 2. The first-order valence-corrected chi connectivity index (χ1v) is 6.06. The van der Waals surface area contributed by atoms with Crippen molar-refractivity contribution in [3.05, 3.63) is 24.0 Å². The third-order valence-corrected chi connectivity index (χ3v) is 2.67. The highest BCUT2D eigenvalue weighted by Crippen LogP contribution is 2.17. The van der Waals surface area contributed by atoms with Crippen molar-refractivity contribution in [3.8, 4) is 0 Å². The van der Waals surface area contributed by atoms with Gasteiger partial charge in [-0.1, -0.05) is 0 Å². The third-order valence-electron chi connectivity index (χ3n) is 2.67. The third kappa shape index (κ3) is 2.96. The predicted molar refractivity (Wildman–Crippen MR) is 70.9 cm³/mol. The summed E-state index contributed by atoms with van der Waals surface area (Å²) in [5, 5.41) is 4.68. The van der Waals surface area contributed by atoms with Crippen molar-refractivity contribution < 1.29 is 19.2 Å². The van der Waals surface area contributed by atoms with Crippen LogP contribution in [0.4, 0.5) is 5.82 Å². The van der Waals surface area contributed by atoms with Crippen LogP contribution >= 0.6 is 0 Å². The molecular formula is C12H13N5O4. The van der Waals surface area contributed by atoms with Gasteiger partial charge in [0.1, 0.15) is 6.29 Å². The SMILES string of the molecule is CN(OC(=O)c1c(N)nn2cccnc12)C(=O)CCC=O. The largest absolute Gasteiger partial charge is 0.381 e. The van der Waals surface area contributed by atoms with Gasteiger partial charge in [0.05, 0.1) is 0 Å². The molecule has 2 heterocycles. The molecule has 0 atom stereocenters. The van der Waals surface area contributed by atoms with Crippen molar-refractivity contribution in [2.24, 2.45) is 0 Å². The Morgan fingerprint density at radius 3 is 3.00 bits per heavy atom. The van der Waals surface area contributed by atoms with Crippen molar-refractivity contribution in [1.29, 1.82) is 0 Å². The quantitative estimate of drug-likeness (QED) is 0.612. The second-order valence-corrected chi connectivity index (χ2v) is 4.12. The molecule has 1 amide bonds. The lowest BCUT2D eigenvalue weighted by molar-refractivity contribution is -0.161. The zero-order chi connectivity index (χ0) is 15.4. The fraction of sp³-hybridized carbons (Fsp3) is 0.250. The number of nitrogens with two attached hydrogens (primary N) is 1. The number of aromatic nitrogens is 3. The van der Waals surface area contributed by atoms with E-state index in [1.54, 1.807) is 12.3 Å². The van der Waals surface area contributed by atoms with Gasteiger partial charge in [-0.3, -0.25) is 4.79 Å². The molecule has 2 aromatic heterocycles. The van der Waals surface area contributed by atoms with Crippen LogP contribution in [0, 0.1) is 0 Å². The summed E-state index contributed by atoms with van der Waals surface area (Å²) in [7, 11) is 1.28. The lowest BCUT2D eigenvalue weighted by atomic mass is 10.3. The summed E-state index contributed by atoms with van der Waals surface area (Å²) in [4.78, 5) is 42.8. The molecule has 0 aliphatic rings. The molecule has 0 radical (unpaired) electrons. The number of aldehydes is 1. The van der Waals surface area contributed by atoms with Crippen molar-refractivity contribution in [3.63, 3.8) is 0 Å². The van der Waals surface area contributed by atoms with E-state index in [0.717, 1.165) is 5.06 Å². The lowest BCUT2D eigenvalue weighted by Gasteiger charge is -2.15. The molecule has 9 heteroatoms. The minimum absolute atomic E-state index is 0.0226. The number of fused-ring (bicyclic) bond motifs is 1. The number of nitrogens with zero attached hydrogens (tertiary/aromatic N) is 4. The highest BCUT2D eigenvalue weighted by atomic mass is 16.7. The van der Waals surface area contributed by atoms with Crippen molar-refractivity contribution in [1.82, 2.24) is 19.7 Å². The molecule has 0 bridgehead atoms. The number of carbonyl (C=O) groups is 3. The number of nitrogen functional groups attached to an aromatic ring is 1. The average molecular weight is 291 g/mol. The van der Waals surface area contributed by atoms with Gasteiger partial charge in [0.25, 0.3) is 5.91 Å². The van der Waals surface area contributed by atoms with Crippen molar-refractivity contribution in [2.75, 3.05) is 12.8 Å². The summed E-state index contributed by atoms with van der Waals surface area (Å²) < 4.78 is 1.33. The highest BCUT2D eigenvalue weighted by Gasteiger charge is 2.23. The maximum absolute atomic E-state index is 12.1. The van der Waals surface area contributed by atoms with E-state index in [2.05, 4.69) is 10.1 Å². The van der Waals surface area contributed by atoms with Crippen LogP contribution in [0.3, 0.4) is 0 Å². The zero-order valence-electron chi connectivity index (χ0n) is 11.2. The monoisotopic (exact) mass is 291 g/mol. The topological polar surface area (TPSA) is 120 Å². The molecule has 2 rings (SSSR count). The van der Waals surface area contributed by atoms with Crippen LogP contribution in [-0.4, -0.2) is 44.9 Å². The number of hydrogen-bond acceptors (Lipinski definition) is 7. The zero-order valence-corrected chi connectivity index (χ0v) is 11.2. The molecule has 0 aliphatic heterocycles. The van der Waals surface area contributed by atoms with Gasteiger partial charge in [-0.15, -0.1) is 5.10 Å². The maximum atomic E-state index is 12.1. The van der Waals surface area contributed by atoms with Gasteiger partial charge in [0, 0.05) is 32.3 Å². The van der Waals surface area contributed by atoms with Gasteiger partial charge in [-0.25, -0.2) is 14.3 Å². The lowest BCUT2D eigenvalue weighted by Crippen LogP contribution is -2.30. The van der Waals surface area contributed by atoms with Crippen LogP contribution in [0.25, 0.3) is 5.65 Å². The van der Waals surface area contributed by atoms with E-state index < -0.39 is 11.9 Å². The molecule has 0 unspecified atom stereocenters. The Balaban J connectivity index is 2.17. The molecule has 0 fully saturated rings. The van der Waals surface area contributed by atoms with E-state index in [9.17, 15) is 14.4 Å². The van der Waals surface area contributed by atoms with Gasteiger partial charge >= 0.3 is 5.97 Å². The maximum Gasteiger partial charge on any atom is 0.370 e. The Kier molecular flexibility index (Phi) is 4.12. The first-order chi connectivity index (χ1) is 10.0. The van der Waals surface area contributed by atoms with E-state index in [4.69, 9.17) is 10.6 Å². The molecule has 0 saturated carbocycles. The van der Waals surface area contributed by atoms with Crippen molar-refractivity contribution in [2.45, 2.75) is 12.8 Å². The van der Waals surface area contributed by atoms with Crippen LogP contribution < -0.4 is 5.73 Å². The fourth-order valence-corrected chi connectivity index (χ4v) is 1.66. The highest BCUT2D eigenvalue weighted by molar-refractivity contribution is 6.01. The van der Waals surface area contributed by atoms with Crippen molar-refractivity contribution >= 4 is 29.6 Å². The molecule has 0 saturated heterocycles. The number of carbonyl (C=O) groups excluding carboxylic acids is 3. The number of rotatable bonds is 4. The minimum Gasteiger partial charge on any atom is -0.381 e. The second-order valence-electron chi connectivity index (χ2n) is 4.12. The van der Waals surface area contributed by atoms with E-state index in [-0.39, 0.29) is 29.9 Å². The van der Waals surface area contributed by atoms with Gasteiger partial charge in [0.2, 0.25) is 0 Å². The smallest absolute Gasteiger partial charge is 0.370 e. The summed E-state index contributed by atoms with van der Waals surface area (Å²) in [6, 6.07) is 1.63. The first-order valence-electron chi connectivity index (χ1n) is 6.06. The summed E-state index contributed by atoms with van der Waals surface area (Å²) in [5.41, 5.74) is 5.87. The van der Waals surface area contributed by atoms with E-state index in [0.29, 0.717) is 6.29 Å². The summed E-state index contributed by atoms with van der Waals surface area (Å²) in [5.74, 6) is -1.39. The first kappa shape index (κ1) is 14.4. The Hall–Kier alpha value is -2.97. The Bertz CT molecular complexity index is 696. The van der Waals surface area contributed by atoms with E-state index in [1.807, 2.05) is 0 Å². The van der Waals surface area contributed by atoms with Crippen LogP contribution in [-0.2, 0) is 14.4 Å². The summed E-state index contributed by atoms with van der Waals surface area (Å²) in [6.07, 6.45) is 3.68. The molecule has 2 aromatic rings. The Morgan fingerprint density at radius 2 is 2.29 bits per heavy atom. The summed E-state index contributed by atoms with van der Waals surface area (Å²) >= 11 is 0. The number of amides is 1. The molecule has 21 heavy (non-hydrogen) atoms. The van der Waals surface area contributed by atoms with Gasteiger partial charge in [-0.2, -0.15) is 5.06 Å². The molecule has 2 N–H and O–H groups in total. The minimum atomic E-state index is -0.844. The molecule has 0 aromatic carbocycles. The molecule has 0 spiro atoms. The van der Waals surface area contributed by atoms with E-state index >= 15 is 0 Å². The van der Waals surface area contributed by atoms with Crippen LogP contribution in [0.1, 0.15) is 23.2 Å². The molecule has 9 nitrogen and oxygen atoms in total. The van der Waals surface area contributed by atoms with Gasteiger partial charge < -0.3 is 15.4 Å². The average Bonchev–Trinajstić information content (AvgIpc) is 2.80. The van der Waals surface area contributed by atoms with Crippen LogP contribution in [0.5, 0.6) is 0 Å². The molecule has 0 aliphatic carbocycles. The number of anilines is 1. The fourth-order valence-electron chi connectivity index (χ4n) is 1.66. The second kappa shape index (κ2) is 5.99. The standard InChI is InChI=1S/C12H13N5O4/c1-16(8(19)4-2-7-18)21-12(20)9-10(13)15-17-6-3-5-14-11(9)17/h3,5-7H,2,4H2,1H3,(H2,13,15). The Labute approximate surface area is 119 Å². The molecule has 110 valence electrons. The van der Waals surface area contributed by atoms with Gasteiger partial charge in [0.15, 0.2) is 17.0 Å². The van der Waals surface area contributed by atoms with Crippen LogP contribution in [0.15, 0.2) is 18.5 Å². The van der Waals surface area contributed by atoms with E-state index in [1.165, 1.54) is 17.8 Å². The summed E-state index contributed by atoms with van der Waals surface area (Å²) in [6.45, 7) is 0. The van der Waals surface area contributed by atoms with Gasteiger partial charge in [-0.05, 0) is 6.07 Å². The number of hydrogen-bond donors (Lipinski definition) is 1. The predicted octanol–water partition coefficient (Wildman–Crippen LogP) is -0.179. The van der Waals surface area contributed by atoms with Crippen LogP contribution in [0.2, 0.25) is 0 Å². The normalized spacial score (nSPS) is 10.3. The Morgan fingerprint density at radius 1 is 1.52 bits per heavy atom.